The average molecular weight is 238 g/mol. The van der Waals surface area contributed by atoms with Gasteiger partial charge in [0.2, 0.25) is 0 Å². The molecule has 0 atom stereocenters. The number of hydrogen-bond donors (Lipinski definition) is 1. The van der Waals surface area contributed by atoms with Gasteiger partial charge in [-0.3, -0.25) is 0 Å². The largest absolute Gasteiger partial charge is 0.383 e. The van der Waals surface area contributed by atoms with Crippen LogP contribution in [0.3, 0.4) is 0 Å². The Kier molecular flexibility index (Phi) is 1.92. The highest BCUT2D eigenvalue weighted by molar-refractivity contribution is 9.10. The van der Waals surface area contributed by atoms with Gasteiger partial charge in [-0.1, -0.05) is 6.07 Å². The van der Waals surface area contributed by atoms with Gasteiger partial charge in [0.25, 0.3) is 0 Å². The molecule has 1 aromatic heterocycles. The van der Waals surface area contributed by atoms with Crippen LogP contribution >= 0.6 is 15.9 Å². The predicted octanol–water partition coefficient (Wildman–Crippen LogP) is 2.28. The summed E-state index contributed by atoms with van der Waals surface area (Å²) in [4.78, 5) is 8.38. The third-order valence-corrected chi connectivity index (χ3v) is 2.47. The van der Waals surface area contributed by atoms with Crippen molar-refractivity contribution in [2.75, 3.05) is 5.73 Å². The lowest BCUT2D eigenvalue weighted by Gasteiger charge is -2.03. The summed E-state index contributed by atoms with van der Waals surface area (Å²) in [6.45, 7) is 1.83. The van der Waals surface area contributed by atoms with Gasteiger partial charge in [0.15, 0.2) is 0 Å². The normalized spacial score (nSPS) is 10.6. The number of anilines is 1. The fraction of sp³-hybridized carbons (Fsp3) is 0.111. The number of fused-ring (bicyclic) bond motifs is 1. The Morgan fingerprint density at radius 1 is 1.31 bits per heavy atom. The summed E-state index contributed by atoms with van der Waals surface area (Å²) in [5.41, 5.74) is 6.65. The lowest BCUT2D eigenvalue weighted by atomic mass is 10.2. The fourth-order valence-electron chi connectivity index (χ4n) is 1.29. The van der Waals surface area contributed by atoms with Crippen LogP contribution in [-0.2, 0) is 0 Å². The Morgan fingerprint density at radius 2 is 2.08 bits per heavy atom. The number of benzene rings is 1. The van der Waals surface area contributed by atoms with E-state index in [0.29, 0.717) is 11.6 Å². The summed E-state index contributed by atoms with van der Waals surface area (Å²) in [6, 6.07) is 5.78. The van der Waals surface area contributed by atoms with E-state index in [2.05, 4.69) is 25.9 Å². The minimum atomic E-state index is 0.523. The minimum absolute atomic E-state index is 0.523. The molecule has 13 heavy (non-hydrogen) atoms. The molecular formula is C9H8BrN3. The average Bonchev–Trinajstić information content (AvgIpc) is 2.02. The van der Waals surface area contributed by atoms with Crippen LogP contribution in [-0.4, -0.2) is 9.97 Å². The molecule has 0 saturated heterocycles. The van der Waals surface area contributed by atoms with Crippen molar-refractivity contribution in [3.63, 3.8) is 0 Å². The van der Waals surface area contributed by atoms with E-state index in [1.54, 1.807) is 0 Å². The Bertz CT molecular complexity index is 468. The van der Waals surface area contributed by atoms with E-state index in [4.69, 9.17) is 5.73 Å². The highest BCUT2D eigenvalue weighted by Gasteiger charge is 2.04. The molecule has 0 spiro atoms. The van der Waals surface area contributed by atoms with E-state index >= 15 is 0 Å². The maximum absolute atomic E-state index is 5.78. The standard InChI is InChI=1S/C9H8BrN3/c1-5-12-7-4-2-3-6(10)8(7)9(11)13-5/h2-4H,1H3,(H2,11,12,13). The van der Waals surface area contributed by atoms with Crippen molar-refractivity contribution in [1.82, 2.24) is 9.97 Å². The van der Waals surface area contributed by atoms with Crippen molar-refractivity contribution < 1.29 is 0 Å². The van der Waals surface area contributed by atoms with Crippen molar-refractivity contribution in [2.45, 2.75) is 6.92 Å². The number of nitrogens with two attached hydrogens (primary N) is 1. The molecule has 0 aliphatic rings. The van der Waals surface area contributed by atoms with Crippen LogP contribution in [0.2, 0.25) is 0 Å². The zero-order valence-electron chi connectivity index (χ0n) is 7.08. The monoisotopic (exact) mass is 237 g/mol. The van der Waals surface area contributed by atoms with Crippen molar-refractivity contribution in [3.8, 4) is 0 Å². The predicted molar refractivity (Wildman–Crippen MR) is 56.4 cm³/mol. The van der Waals surface area contributed by atoms with Gasteiger partial charge in [-0.25, -0.2) is 9.97 Å². The molecule has 0 fully saturated rings. The molecule has 0 radical (unpaired) electrons. The Morgan fingerprint density at radius 3 is 2.85 bits per heavy atom. The number of rotatable bonds is 0. The molecule has 66 valence electrons. The van der Waals surface area contributed by atoms with Crippen molar-refractivity contribution in [3.05, 3.63) is 28.5 Å². The van der Waals surface area contributed by atoms with Gasteiger partial charge >= 0.3 is 0 Å². The highest BCUT2D eigenvalue weighted by Crippen LogP contribution is 2.26. The fourth-order valence-corrected chi connectivity index (χ4v) is 1.85. The van der Waals surface area contributed by atoms with Crippen LogP contribution in [0.1, 0.15) is 5.82 Å². The van der Waals surface area contributed by atoms with Gasteiger partial charge in [-0.2, -0.15) is 0 Å². The Labute approximate surface area is 84.1 Å². The summed E-state index contributed by atoms with van der Waals surface area (Å²) in [6.07, 6.45) is 0. The molecule has 2 N–H and O–H groups in total. The lowest BCUT2D eigenvalue weighted by Crippen LogP contribution is -1.97. The number of halogens is 1. The summed E-state index contributed by atoms with van der Waals surface area (Å²) in [5.74, 6) is 1.22. The van der Waals surface area contributed by atoms with Crippen LogP contribution in [0.25, 0.3) is 10.9 Å². The van der Waals surface area contributed by atoms with Gasteiger partial charge in [0.05, 0.1) is 10.9 Å². The quantitative estimate of drug-likeness (QED) is 0.765. The van der Waals surface area contributed by atoms with Gasteiger partial charge in [-0.15, -0.1) is 0 Å². The van der Waals surface area contributed by atoms with E-state index in [9.17, 15) is 0 Å². The summed E-state index contributed by atoms with van der Waals surface area (Å²) in [5, 5.41) is 0.883. The van der Waals surface area contributed by atoms with Crippen molar-refractivity contribution in [2.24, 2.45) is 0 Å². The molecule has 0 amide bonds. The third-order valence-electron chi connectivity index (χ3n) is 1.81. The summed E-state index contributed by atoms with van der Waals surface area (Å²) >= 11 is 3.41. The molecule has 0 aliphatic heterocycles. The number of aromatic nitrogens is 2. The van der Waals surface area contributed by atoms with E-state index in [-0.39, 0.29) is 0 Å². The number of aryl methyl sites for hydroxylation is 1. The van der Waals surface area contributed by atoms with Crippen LogP contribution in [0.15, 0.2) is 22.7 Å². The first-order valence-corrected chi connectivity index (χ1v) is 4.66. The Balaban J connectivity index is 2.94. The minimum Gasteiger partial charge on any atom is -0.383 e. The van der Waals surface area contributed by atoms with Crippen LogP contribution in [0.5, 0.6) is 0 Å². The zero-order valence-corrected chi connectivity index (χ0v) is 8.67. The first kappa shape index (κ1) is 8.44. The molecule has 2 aromatic rings. The summed E-state index contributed by atoms with van der Waals surface area (Å²) < 4.78 is 0.933. The number of hydrogen-bond acceptors (Lipinski definition) is 3. The van der Waals surface area contributed by atoms with E-state index in [1.165, 1.54) is 0 Å². The first-order chi connectivity index (χ1) is 6.18. The molecular weight excluding hydrogens is 230 g/mol. The maximum atomic E-state index is 5.78. The SMILES string of the molecule is Cc1nc(N)c2c(Br)cccc2n1. The molecule has 2 rings (SSSR count). The smallest absolute Gasteiger partial charge is 0.136 e. The van der Waals surface area contributed by atoms with E-state index in [0.717, 1.165) is 15.4 Å². The second-order valence-corrected chi connectivity index (χ2v) is 3.64. The highest BCUT2D eigenvalue weighted by atomic mass is 79.9. The maximum Gasteiger partial charge on any atom is 0.136 e. The van der Waals surface area contributed by atoms with Crippen LogP contribution < -0.4 is 5.73 Å². The van der Waals surface area contributed by atoms with Gasteiger partial charge in [-0.05, 0) is 35.0 Å². The van der Waals surface area contributed by atoms with Gasteiger partial charge < -0.3 is 5.73 Å². The molecule has 4 heteroatoms. The second kappa shape index (κ2) is 2.96. The van der Waals surface area contributed by atoms with Crippen molar-refractivity contribution in [1.29, 1.82) is 0 Å². The van der Waals surface area contributed by atoms with Gasteiger partial charge in [0.1, 0.15) is 11.6 Å². The van der Waals surface area contributed by atoms with Crippen LogP contribution in [0, 0.1) is 6.92 Å². The van der Waals surface area contributed by atoms with E-state index in [1.807, 2.05) is 25.1 Å². The van der Waals surface area contributed by atoms with Crippen molar-refractivity contribution >= 4 is 32.7 Å². The first-order valence-electron chi connectivity index (χ1n) is 3.87. The molecule has 3 nitrogen and oxygen atoms in total. The Hall–Kier alpha value is -1.16. The molecule has 0 unspecified atom stereocenters. The lowest BCUT2D eigenvalue weighted by molar-refractivity contribution is 1.10. The number of nitrogen functional groups attached to an aromatic ring is 1. The molecule has 0 aliphatic carbocycles. The zero-order chi connectivity index (χ0) is 9.42. The molecule has 1 heterocycles. The third kappa shape index (κ3) is 1.37. The second-order valence-electron chi connectivity index (χ2n) is 2.79. The van der Waals surface area contributed by atoms with E-state index < -0.39 is 0 Å². The van der Waals surface area contributed by atoms with Crippen LogP contribution in [0.4, 0.5) is 5.82 Å². The molecule has 0 saturated carbocycles. The molecule has 0 bridgehead atoms. The number of nitrogens with zero attached hydrogens (tertiary/aromatic N) is 2. The topological polar surface area (TPSA) is 51.8 Å². The van der Waals surface area contributed by atoms with Gasteiger partial charge in [0, 0.05) is 4.47 Å². The summed E-state index contributed by atoms with van der Waals surface area (Å²) in [7, 11) is 0. The molecule has 1 aromatic carbocycles.